The van der Waals surface area contributed by atoms with Crippen molar-refractivity contribution < 1.29 is 26.5 Å². The lowest BCUT2D eigenvalue weighted by molar-refractivity contribution is -0.0945. The van der Waals surface area contributed by atoms with Crippen molar-refractivity contribution >= 4 is 28.8 Å². The van der Waals surface area contributed by atoms with Crippen LogP contribution in [0.4, 0.5) is 0 Å². The molecule has 0 aromatic heterocycles. The summed E-state index contributed by atoms with van der Waals surface area (Å²) in [5.41, 5.74) is 2.60. The van der Waals surface area contributed by atoms with Gasteiger partial charge in [0.25, 0.3) is 18.4 Å². The lowest BCUT2D eigenvalue weighted by Crippen LogP contribution is -2.66. The van der Waals surface area contributed by atoms with Crippen molar-refractivity contribution in [3.63, 3.8) is 0 Å². The first kappa shape index (κ1) is 41.9. The van der Waals surface area contributed by atoms with Crippen molar-refractivity contribution in [2.24, 2.45) is 0 Å². The van der Waals surface area contributed by atoms with Gasteiger partial charge in [-0.15, -0.1) is 0 Å². The summed E-state index contributed by atoms with van der Waals surface area (Å²) < 4.78 is 53.2. The van der Waals surface area contributed by atoms with Crippen LogP contribution < -0.4 is 10.4 Å². The lowest BCUT2D eigenvalue weighted by Gasteiger charge is -2.43. The van der Waals surface area contributed by atoms with Gasteiger partial charge in [0.05, 0.1) is 25.6 Å². The largest absolute Gasteiger partial charge is 0.407 e. The van der Waals surface area contributed by atoms with Gasteiger partial charge in [0, 0.05) is 6.61 Å². The minimum atomic E-state index is -3.94. The summed E-state index contributed by atoms with van der Waals surface area (Å²) in [5, 5.41) is 2.21. The highest BCUT2D eigenvalue weighted by molar-refractivity contribution is 7.86. The molecule has 6 rings (SSSR count). The van der Waals surface area contributed by atoms with Gasteiger partial charge in [0.15, 0.2) is 0 Å². The molecule has 6 aromatic carbocycles. The summed E-state index contributed by atoms with van der Waals surface area (Å²) in [6, 6.07) is 61.1. The van der Waals surface area contributed by atoms with E-state index in [0.29, 0.717) is 19.4 Å². The van der Waals surface area contributed by atoms with E-state index in [0.717, 1.165) is 28.5 Å². The quantitative estimate of drug-likeness (QED) is 0.0352. The summed E-state index contributed by atoms with van der Waals surface area (Å²) in [6.07, 6.45) is 0.493. The van der Waals surface area contributed by atoms with E-state index in [1.807, 2.05) is 133 Å². The molecule has 0 fully saturated rings. The second-order valence-electron chi connectivity index (χ2n) is 15.4. The number of ether oxygens (including phenoxy) is 2. The van der Waals surface area contributed by atoms with Gasteiger partial charge >= 0.3 is 0 Å². The Morgan fingerprint density at radius 2 is 0.965 bits per heavy atom. The van der Waals surface area contributed by atoms with Crippen molar-refractivity contribution in [3.05, 3.63) is 204 Å². The fraction of sp³-hybridized carbons (Fsp3) is 0.265. The number of rotatable bonds is 19. The van der Waals surface area contributed by atoms with E-state index in [4.69, 9.17) is 18.1 Å². The van der Waals surface area contributed by atoms with Gasteiger partial charge < -0.3 is 13.9 Å². The molecule has 0 aliphatic heterocycles. The summed E-state index contributed by atoms with van der Waals surface area (Å²) in [7, 11) is -6.75. The maximum Gasteiger partial charge on any atom is 0.264 e. The van der Waals surface area contributed by atoms with Crippen molar-refractivity contribution in [1.82, 2.24) is 0 Å². The van der Waals surface area contributed by atoms with Gasteiger partial charge in [-0.3, -0.25) is 4.18 Å². The number of benzene rings is 6. The minimum Gasteiger partial charge on any atom is -0.407 e. The van der Waals surface area contributed by atoms with Crippen LogP contribution in [0.5, 0.6) is 0 Å². The zero-order chi connectivity index (χ0) is 40.2. The number of hydrogen-bond donors (Lipinski definition) is 0. The van der Waals surface area contributed by atoms with Crippen LogP contribution >= 0.6 is 0 Å². The lowest BCUT2D eigenvalue weighted by atomic mass is 9.80. The Morgan fingerprint density at radius 3 is 1.37 bits per heavy atom. The van der Waals surface area contributed by atoms with Gasteiger partial charge in [0.1, 0.15) is 11.7 Å². The molecule has 0 saturated heterocycles. The first-order valence-corrected chi connectivity index (χ1v) is 23.3. The molecule has 0 aliphatic carbocycles. The average molecular weight is 799 g/mol. The standard InChI is InChI=1S/C49H54O6SSi/c1-48(2,3)57(44-32-19-9-20-33-44,45-34-21-10-22-35-45)54-37-23-36-46(52-38-40-24-11-5-12-25-40)47(55-56(4,50)51)39-53-49(41-26-13-6-14-27-41,42-28-15-7-16-29-42)43-30-17-8-18-31-43/h5-22,24-35,46-47H,23,36-39H2,1-4H3/t46-,47-/m1/s1. The monoisotopic (exact) mass is 798 g/mol. The van der Waals surface area contributed by atoms with Crippen LogP contribution in [0, 0.1) is 0 Å². The van der Waals surface area contributed by atoms with Crippen molar-refractivity contribution in [3.8, 4) is 0 Å². The third-order valence-electron chi connectivity index (χ3n) is 10.4. The Morgan fingerprint density at radius 1 is 0.561 bits per heavy atom. The predicted molar refractivity (Wildman–Crippen MR) is 233 cm³/mol. The highest BCUT2D eigenvalue weighted by Gasteiger charge is 2.50. The Hall–Kier alpha value is -4.67. The zero-order valence-corrected chi connectivity index (χ0v) is 35.2. The third kappa shape index (κ3) is 10.3. The van der Waals surface area contributed by atoms with E-state index in [9.17, 15) is 8.42 Å². The Balaban J connectivity index is 1.35. The van der Waals surface area contributed by atoms with E-state index in [1.54, 1.807) is 0 Å². The second-order valence-corrected chi connectivity index (χ2v) is 21.3. The van der Waals surface area contributed by atoms with E-state index in [2.05, 4.69) is 69.3 Å². The van der Waals surface area contributed by atoms with Gasteiger partial charge in [-0.1, -0.05) is 203 Å². The number of hydrogen-bond acceptors (Lipinski definition) is 6. The van der Waals surface area contributed by atoms with E-state index in [1.165, 1.54) is 10.4 Å². The van der Waals surface area contributed by atoms with Gasteiger partial charge in [0.2, 0.25) is 0 Å². The SMILES string of the molecule is CC(C)(C)[Si](OCCC[C@@H](OCc1ccccc1)[C@@H](COC(c1ccccc1)(c1ccccc1)c1ccccc1)OS(C)(=O)=O)(c1ccccc1)c1ccccc1. The first-order chi connectivity index (χ1) is 27.5. The minimum absolute atomic E-state index is 0.0826. The Kier molecular flexibility index (Phi) is 14.1. The van der Waals surface area contributed by atoms with Crippen molar-refractivity contribution in [1.29, 1.82) is 0 Å². The molecule has 0 radical (unpaired) electrons. The van der Waals surface area contributed by atoms with E-state index < -0.39 is 36.2 Å². The van der Waals surface area contributed by atoms with Crippen LogP contribution in [0.15, 0.2) is 182 Å². The van der Waals surface area contributed by atoms with E-state index in [-0.39, 0.29) is 18.3 Å². The molecule has 0 N–H and O–H groups in total. The molecule has 0 heterocycles. The highest BCUT2D eigenvalue weighted by atomic mass is 32.2. The van der Waals surface area contributed by atoms with Crippen LogP contribution in [0.3, 0.4) is 0 Å². The molecule has 0 aliphatic rings. The normalized spacial score (nSPS) is 13.5. The molecule has 6 nitrogen and oxygen atoms in total. The van der Waals surface area contributed by atoms with Gasteiger partial charge in [-0.05, 0) is 50.5 Å². The molecule has 0 saturated carbocycles. The predicted octanol–water partition coefficient (Wildman–Crippen LogP) is 9.28. The fourth-order valence-electron chi connectivity index (χ4n) is 7.82. The molecule has 6 aromatic rings. The highest BCUT2D eigenvalue weighted by Crippen LogP contribution is 2.41. The molecule has 296 valence electrons. The molecule has 0 unspecified atom stereocenters. The molecular weight excluding hydrogens is 745 g/mol. The average Bonchev–Trinajstić information content (AvgIpc) is 3.23. The molecule has 57 heavy (non-hydrogen) atoms. The summed E-state index contributed by atoms with van der Waals surface area (Å²) >= 11 is 0. The van der Waals surface area contributed by atoms with Crippen LogP contribution in [0.2, 0.25) is 5.04 Å². The van der Waals surface area contributed by atoms with Crippen molar-refractivity contribution in [2.75, 3.05) is 19.5 Å². The van der Waals surface area contributed by atoms with Crippen LogP contribution in [-0.2, 0) is 40.4 Å². The Labute approximate surface area is 340 Å². The molecule has 8 heteroatoms. The summed E-state index contributed by atoms with van der Waals surface area (Å²) in [4.78, 5) is 0. The van der Waals surface area contributed by atoms with Crippen LogP contribution in [-0.4, -0.2) is 48.4 Å². The zero-order valence-electron chi connectivity index (χ0n) is 33.4. The molecule has 0 amide bonds. The topological polar surface area (TPSA) is 71.1 Å². The summed E-state index contributed by atoms with van der Waals surface area (Å²) in [5.74, 6) is 0. The van der Waals surface area contributed by atoms with Crippen LogP contribution in [0.1, 0.15) is 55.9 Å². The molecule has 2 atom stereocenters. The van der Waals surface area contributed by atoms with Crippen molar-refractivity contribution in [2.45, 2.75) is 63.1 Å². The maximum absolute atomic E-state index is 13.1. The molecule has 0 bridgehead atoms. The maximum atomic E-state index is 13.1. The Bertz CT molecular complexity index is 2050. The van der Waals surface area contributed by atoms with Gasteiger partial charge in [-0.25, -0.2) is 0 Å². The summed E-state index contributed by atoms with van der Waals surface area (Å²) in [6.45, 7) is 7.41. The smallest absolute Gasteiger partial charge is 0.264 e. The third-order valence-corrected chi connectivity index (χ3v) is 16.0. The fourth-order valence-corrected chi connectivity index (χ4v) is 13.1. The van der Waals surface area contributed by atoms with Gasteiger partial charge in [-0.2, -0.15) is 8.42 Å². The molecule has 0 spiro atoms. The molecular formula is C49H54O6SSi. The van der Waals surface area contributed by atoms with Crippen LogP contribution in [0.25, 0.3) is 0 Å². The first-order valence-electron chi connectivity index (χ1n) is 19.6. The van der Waals surface area contributed by atoms with E-state index >= 15 is 0 Å². The second kappa shape index (κ2) is 19.2.